The SMILES string of the molecule is CC(C)CNC[C@@H](O)[C@H](Cc1ccccc1)NC=O. The first kappa shape index (κ1) is 15.7. The topological polar surface area (TPSA) is 61.4 Å². The zero-order chi connectivity index (χ0) is 14.1. The Labute approximate surface area is 115 Å². The number of aliphatic hydroxyl groups excluding tert-OH is 1. The van der Waals surface area contributed by atoms with E-state index in [0.717, 1.165) is 12.1 Å². The molecule has 3 N–H and O–H groups in total. The van der Waals surface area contributed by atoms with Crippen molar-refractivity contribution in [2.24, 2.45) is 5.92 Å². The molecule has 1 aromatic carbocycles. The van der Waals surface area contributed by atoms with Gasteiger partial charge >= 0.3 is 0 Å². The average Bonchev–Trinajstić information content (AvgIpc) is 2.39. The van der Waals surface area contributed by atoms with Crippen molar-refractivity contribution in [2.75, 3.05) is 13.1 Å². The van der Waals surface area contributed by atoms with Crippen molar-refractivity contribution in [3.05, 3.63) is 35.9 Å². The van der Waals surface area contributed by atoms with E-state index < -0.39 is 6.10 Å². The summed E-state index contributed by atoms with van der Waals surface area (Å²) in [6.45, 7) is 5.57. The zero-order valence-electron chi connectivity index (χ0n) is 11.7. The highest BCUT2D eigenvalue weighted by Crippen LogP contribution is 2.06. The Morgan fingerprint density at radius 2 is 1.89 bits per heavy atom. The summed E-state index contributed by atoms with van der Waals surface area (Å²) >= 11 is 0. The summed E-state index contributed by atoms with van der Waals surface area (Å²) in [6, 6.07) is 9.58. The molecule has 0 radical (unpaired) electrons. The minimum Gasteiger partial charge on any atom is -0.390 e. The van der Waals surface area contributed by atoms with E-state index in [1.165, 1.54) is 0 Å². The molecule has 1 rings (SSSR count). The van der Waals surface area contributed by atoms with Crippen LogP contribution in [0.5, 0.6) is 0 Å². The smallest absolute Gasteiger partial charge is 0.207 e. The van der Waals surface area contributed by atoms with Crippen LogP contribution in [0.15, 0.2) is 30.3 Å². The lowest BCUT2D eigenvalue weighted by molar-refractivity contribution is -0.110. The molecule has 0 saturated heterocycles. The summed E-state index contributed by atoms with van der Waals surface area (Å²) in [5, 5.41) is 16.0. The second kappa shape index (κ2) is 8.67. The van der Waals surface area contributed by atoms with Gasteiger partial charge < -0.3 is 15.7 Å². The van der Waals surface area contributed by atoms with Crippen molar-refractivity contribution >= 4 is 6.41 Å². The molecule has 0 fully saturated rings. The maximum absolute atomic E-state index is 10.6. The van der Waals surface area contributed by atoms with Gasteiger partial charge in [0, 0.05) is 6.54 Å². The van der Waals surface area contributed by atoms with Crippen LogP contribution in [0.4, 0.5) is 0 Å². The molecular formula is C15H24N2O2. The van der Waals surface area contributed by atoms with Crippen molar-refractivity contribution in [1.29, 1.82) is 0 Å². The fraction of sp³-hybridized carbons (Fsp3) is 0.533. The molecule has 19 heavy (non-hydrogen) atoms. The normalized spacial score (nSPS) is 14.1. The number of amides is 1. The van der Waals surface area contributed by atoms with E-state index >= 15 is 0 Å². The van der Waals surface area contributed by atoms with Crippen LogP contribution in [-0.4, -0.2) is 36.8 Å². The van der Waals surface area contributed by atoms with E-state index in [1.807, 2.05) is 30.3 Å². The highest BCUT2D eigenvalue weighted by Gasteiger charge is 2.18. The third kappa shape index (κ3) is 6.36. The van der Waals surface area contributed by atoms with Crippen molar-refractivity contribution in [2.45, 2.75) is 32.4 Å². The molecule has 0 saturated carbocycles. The number of aliphatic hydroxyl groups is 1. The molecule has 0 aliphatic heterocycles. The number of benzene rings is 1. The molecule has 4 heteroatoms. The quantitative estimate of drug-likeness (QED) is 0.582. The Kier molecular flexibility index (Phi) is 7.15. The van der Waals surface area contributed by atoms with Gasteiger partial charge in [-0.15, -0.1) is 0 Å². The summed E-state index contributed by atoms with van der Waals surface area (Å²) < 4.78 is 0. The molecule has 106 valence electrons. The highest BCUT2D eigenvalue weighted by atomic mass is 16.3. The first-order chi connectivity index (χ1) is 9.13. The van der Waals surface area contributed by atoms with Gasteiger partial charge in [0.2, 0.25) is 6.41 Å². The molecule has 0 unspecified atom stereocenters. The van der Waals surface area contributed by atoms with Crippen LogP contribution in [0.2, 0.25) is 0 Å². The first-order valence-electron chi connectivity index (χ1n) is 6.76. The highest BCUT2D eigenvalue weighted by molar-refractivity contribution is 5.47. The third-order valence-corrected chi connectivity index (χ3v) is 2.95. The molecule has 0 aromatic heterocycles. The van der Waals surface area contributed by atoms with Crippen molar-refractivity contribution in [3.8, 4) is 0 Å². The number of carbonyl (C=O) groups is 1. The van der Waals surface area contributed by atoms with Gasteiger partial charge in [0.05, 0.1) is 12.1 Å². The Morgan fingerprint density at radius 3 is 2.47 bits per heavy atom. The van der Waals surface area contributed by atoms with E-state index in [9.17, 15) is 9.90 Å². The molecule has 0 aliphatic rings. The first-order valence-corrected chi connectivity index (χ1v) is 6.76. The Balaban J connectivity index is 2.48. The maximum Gasteiger partial charge on any atom is 0.207 e. The molecule has 0 bridgehead atoms. The van der Waals surface area contributed by atoms with Crippen LogP contribution in [-0.2, 0) is 11.2 Å². The number of nitrogens with one attached hydrogen (secondary N) is 2. The molecule has 4 nitrogen and oxygen atoms in total. The number of hydrogen-bond donors (Lipinski definition) is 3. The largest absolute Gasteiger partial charge is 0.390 e. The second-order valence-corrected chi connectivity index (χ2v) is 5.20. The van der Waals surface area contributed by atoms with Crippen LogP contribution in [0.1, 0.15) is 19.4 Å². The minimum absolute atomic E-state index is 0.264. The predicted octanol–water partition coefficient (Wildman–Crippen LogP) is 0.950. The predicted molar refractivity (Wildman–Crippen MR) is 76.8 cm³/mol. The zero-order valence-corrected chi connectivity index (χ0v) is 11.7. The van der Waals surface area contributed by atoms with Crippen LogP contribution in [0.3, 0.4) is 0 Å². The van der Waals surface area contributed by atoms with Gasteiger partial charge in [0.15, 0.2) is 0 Å². The molecule has 0 aliphatic carbocycles. The summed E-state index contributed by atoms with van der Waals surface area (Å²) in [5.74, 6) is 0.541. The fourth-order valence-electron chi connectivity index (χ4n) is 1.92. The van der Waals surface area contributed by atoms with E-state index in [1.54, 1.807) is 0 Å². The Morgan fingerprint density at radius 1 is 1.21 bits per heavy atom. The average molecular weight is 264 g/mol. The van der Waals surface area contributed by atoms with E-state index in [4.69, 9.17) is 0 Å². The monoisotopic (exact) mass is 264 g/mol. The molecule has 0 spiro atoms. The van der Waals surface area contributed by atoms with Crippen LogP contribution in [0, 0.1) is 5.92 Å². The summed E-state index contributed by atoms with van der Waals surface area (Å²) in [6.07, 6.45) is 0.688. The Hall–Kier alpha value is -1.39. The van der Waals surface area contributed by atoms with E-state index in [2.05, 4.69) is 24.5 Å². The molecular weight excluding hydrogens is 240 g/mol. The standard InChI is InChI=1S/C15H24N2O2/c1-12(2)9-16-10-15(19)14(17-11-18)8-13-6-4-3-5-7-13/h3-7,11-12,14-16,19H,8-10H2,1-2H3,(H,17,18)/t14-,15+/m0/s1. The van der Waals surface area contributed by atoms with Crippen LogP contribution >= 0.6 is 0 Å². The van der Waals surface area contributed by atoms with Gasteiger partial charge in [-0.05, 0) is 24.4 Å². The molecule has 1 amide bonds. The molecule has 0 heterocycles. The lowest BCUT2D eigenvalue weighted by Crippen LogP contribution is -2.46. The molecule has 2 atom stereocenters. The van der Waals surface area contributed by atoms with E-state index in [0.29, 0.717) is 25.3 Å². The van der Waals surface area contributed by atoms with Gasteiger partial charge in [0.1, 0.15) is 0 Å². The van der Waals surface area contributed by atoms with Gasteiger partial charge in [-0.3, -0.25) is 4.79 Å². The van der Waals surface area contributed by atoms with Gasteiger partial charge in [-0.25, -0.2) is 0 Å². The molecule has 1 aromatic rings. The van der Waals surface area contributed by atoms with Crippen LogP contribution < -0.4 is 10.6 Å². The third-order valence-electron chi connectivity index (χ3n) is 2.95. The van der Waals surface area contributed by atoms with E-state index in [-0.39, 0.29) is 6.04 Å². The van der Waals surface area contributed by atoms with Gasteiger partial charge in [-0.1, -0.05) is 44.2 Å². The minimum atomic E-state index is -0.593. The lowest BCUT2D eigenvalue weighted by Gasteiger charge is -2.23. The van der Waals surface area contributed by atoms with Crippen molar-refractivity contribution in [1.82, 2.24) is 10.6 Å². The van der Waals surface area contributed by atoms with Crippen LogP contribution in [0.25, 0.3) is 0 Å². The van der Waals surface area contributed by atoms with Gasteiger partial charge in [-0.2, -0.15) is 0 Å². The lowest BCUT2D eigenvalue weighted by atomic mass is 10.0. The fourth-order valence-corrected chi connectivity index (χ4v) is 1.92. The van der Waals surface area contributed by atoms with Crippen molar-refractivity contribution < 1.29 is 9.90 Å². The second-order valence-electron chi connectivity index (χ2n) is 5.20. The number of rotatable bonds is 9. The van der Waals surface area contributed by atoms with Crippen molar-refractivity contribution in [3.63, 3.8) is 0 Å². The Bertz CT molecular complexity index is 354. The summed E-state index contributed by atoms with van der Waals surface area (Å²) in [7, 11) is 0. The maximum atomic E-state index is 10.6. The van der Waals surface area contributed by atoms with Gasteiger partial charge in [0.25, 0.3) is 0 Å². The summed E-state index contributed by atoms with van der Waals surface area (Å²) in [4.78, 5) is 10.6. The number of carbonyl (C=O) groups excluding carboxylic acids is 1. The number of hydrogen-bond acceptors (Lipinski definition) is 3. The summed E-state index contributed by atoms with van der Waals surface area (Å²) in [5.41, 5.74) is 1.10.